The van der Waals surface area contributed by atoms with Gasteiger partial charge < -0.3 is 25.4 Å². The van der Waals surface area contributed by atoms with Gasteiger partial charge in [0.05, 0.1) is 36.0 Å². The van der Waals surface area contributed by atoms with Gasteiger partial charge in [-0.3, -0.25) is 9.89 Å². The van der Waals surface area contributed by atoms with Gasteiger partial charge in [0.25, 0.3) is 0 Å². The number of carbonyl (C=O) groups excluding carboxylic acids is 2. The van der Waals surface area contributed by atoms with Crippen LogP contribution in [-0.2, 0) is 27.5 Å². The zero-order valence-corrected chi connectivity index (χ0v) is 20.8. The molecule has 0 aliphatic heterocycles. The summed E-state index contributed by atoms with van der Waals surface area (Å²) in [6.45, 7) is 6.56. The summed E-state index contributed by atoms with van der Waals surface area (Å²) in [5.41, 5.74) is 8.13. The van der Waals surface area contributed by atoms with Gasteiger partial charge in [0.15, 0.2) is 0 Å². The van der Waals surface area contributed by atoms with Crippen molar-refractivity contribution in [2.45, 2.75) is 52.0 Å². The van der Waals surface area contributed by atoms with Crippen LogP contribution in [0.2, 0.25) is 0 Å². The van der Waals surface area contributed by atoms with E-state index in [9.17, 15) is 9.59 Å². The number of benzene rings is 2. The normalized spacial score (nSPS) is 12.4. The van der Waals surface area contributed by atoms with Crippen molar-refractivity contribution in [3.63, 3.8) is 0 Å². The van der Waals surface area contributed by atoms with Gasteiger partial charge in [-0.05, 0) is 31.9 Å². The second-order valence-corrected chi connectivity index (χ2v) is 9.17. The summed E-state index contributed by atoms with van der Waals surface area (Å²) in [7, 11) is 1.71. The van der Waals surface area contributed by atoms with Crippen LogP contribution in [0.15, 0.2) is 48.5 Å². The summed E-state index contributed by atoms with van der Waals surface area (Å²) < 4.78 is 11.5. The summed E-state index contributed by atoms with van der Waals surface area (Å²) in [5.74, 6) is -0.321. The fraction of sp³-hybridized carbons (Fsp3) is 0.423. The Labute approximate surface area is 206 Å². The largest absolute Gasteiger partial charge is 0.445 e. The summed E-state index contributed by atoms with van der Waals surface area (Å²) in [4.78, 5) is 26.6. The van der Waals surface area contributed by atoms with Crippen LogP contribution in [-0.4, -0.2) is 52.8 Å². The van der Waals surface area contributed by atoms with Crippen molar-refractivity contribution >= 4 is 22.9 Å². The fourth-order valence-electron chi connectivity index (χ4n) is 3.63. The first-order valence-corrected chi connectivity index (χ1v) is 11.8. The van der Waals surface area contributed by atoms with Gasteiger partial charge in [0, 0.05) is 24.5 Å². The van der Waals surface area contributed by atoms with Crippen molar-refractivity contribution in [2.24, 2.45) is 5.73 Å². The van der Waals surface area contributed by atoms with Crippen LogP contribution in [0, 0.1) is 0 Å². The smallest absolute Gasteiger partial charge is 0.409 e. The van der Waals surface area contributed by atoms with Crippen molar-refractivity contribution in [1.82, 2.24) is 20.4 Å². The lowest BCUT2D eigenvalue weighted by Crippen LogP contribution is -2.50. The van der Waals surface area contributed by atoms with Crippen molar-refractivity contribution < 1.29 is 19.1 Å². The molecule has 0 saturated heterocycles. The number of aromatic nitrogens is 2. The van der Waals surface area contributed by atoms with Gasteiger partial charge in [-0.25, -0.2) is 4.79 Å². The molecule has 3 rings (SSSR count). The number of amides is 2. The highest BCUT2D eigenvalue weighted by Gasteiger charge is 2.28. The minimum atomic E-state index is -1.07. The van der Waals surface area contributed by atoms with Gasteiger partial charge in [-0.2, -0.15) is 5.10 Å². The molecular formula is C26H35N5O4. The minimum absolute atomic E-state index is 0.0741. The lowest BCUT2D eigenvalue weighted by molar-refractivity contribution is -0.126. The molecule has 0 radical (unpaired) electrons. The molecule has 0 unspecified atom stereocenters. The molecule has 188 valence electrons. The lowest BCUT2D eigenvalue weighted by atomic mass is 10.0. The first-order chi connectivity index (χ1) is 16.7. The van der Waals surface area contributed by atoms with Crippen molar-refractivity contribution in [3.8, 4) is 0 Å². The molecule has 0 fully saturated rings. The van der Waals surface area contributed by atoms with E-state index in [0.29, 0.717) is 24.4 Å². The van der Waals surface area contributed by atoms with Gasteiger partial charge in [-0.15, -0.1) is 0 Å². The molecule has 1 atom stereocenters. The molecule has 35 heavy (non-hydrogen) atoms. The molecular weight excluding hydrogens is 446 g/mol. The van der Waals surface area contributed by atoms with Gasteiger partial charge >= 0.3 is 6.09 Å². The third-order valence-electron chi connectivity index (χ3n) is 5.55. The number of H-pyrrole nitrogens is 1. The Kier molecular flexibility index (Phi) is 8.84. The number of ether oxygens (including phenoxy) is 2. The van der Waals surface area contributed by atoms with Crippen LogP contribution in [0.25, 0.3) is 10.9 Å². The highest BCUT2D eigenvalue weighted by molar-refractivity contribution is 5.88. The average molecular weight is 482 g/mol. The molecule has 2 amide bonds. The number of nitrogens with two attached hydrogens (primary N) is 1. The van der Waals surface area contributed by atoms with E-state index in [1.165, 1.54) is 0 Å². The third-order valence-corrected chi connectivity index (χ3v) is 5.55. The molecule has 0 aliphatic rings. The zero-order valence-electron chi connectivity index (χ0n) is 20.8. The number of aromatic amines is 1. The average Bonchev–Trinajstić information content (AvgIpc) is 3.26. The van der Waals surface area contributed by atoms with Crippen LogP contribution in [0.1, 0.15) is 50.1 Å². The Morgan fingerprint density at radius 2 is 1.89 bits per heavy atom. The number of hydrogen-bond acceptors (Lipinski definition) is 6. The summed E-state index contributed by atoms with van der Waals surface area (Å²) in [6.07, 6.45) is 0.448. The molecule has 3 aromatic rings. The molecule has 0 bridgehead atoms. The van der Waals surface area contributed by atoms with Gasteiger partial charge in [0.2, 0.25) is 5.91 Å². The van der Waals surface area contributed by atoms with Crippen molar-refractivity contribution in [2.75, 3.05) is 20.2 Å². The Balaban J connectivity index is 1.85. The summed E-state index contributed by atoms with van der Waals surface area (Å²) >= 11 is 0. The maximum absolute atomic E-state index is 12.8. The summed E-state index contributed by atoms with van der Waals surface area (Å²) in [6, 6.07) is 14.8. The number of fused-ring (bicyclic) bond motifs is 1. The van der Waals surface area contributed by atoms with Crippen LogP contribution < -0.4 is 11.1 Å². The Hall–Kier alpha value is -3.43. The predicted molar refractivity (Wildman–Crippen MR) is 134 cm³/mol. The van der Waals surface area contributed by atoms with Crippen molar-refractivity contribution in [1.29, 1.82) is 0 Å². The molecule has 1 heterocycles. The molecule has 0 aliphatic carbocycles. The Morgan fingerprint density at radius 3 is 2.57 bits per heavy atom. The van der Waals surface area contributed by atoms with E-state index in [0.717, 1.165) is 22.9 Å². The topological polar surface area (TPSA) is 123 Å². The molecule has 2 aromatic carbocycles. The quantitative estimate of drug-likeness (QED) is 0.384. The maximum Gasteiger partial charge on any atom is 0.409 e. The molecule has 4 N–H and O–H groups in total. The van der Waals surface area contributed by atoms with E-state index in [-0.39, 0.29) is 19.1 Å². The SMILES string of the molecule is CCCN(C)C(=O)OCc1cccc2n[nH]c([C@@H](COCc3ccccc3)NC(=O)C(C)(C)N)c12. The standard InChI is InChI=1S/C26H35N5O4/c1-5-14-31(4)25(33)35-16-19-12-9-13-20-22(19)23(30-29-20)21(28-24(32)26(2,3)27)17-34-15-18-10-7-6-8-11-18/h6-13,21H,5,14-17,27H2,1-4H3,(H,28,32)(H,29,30)/t21-/m1/s1. The zero-order chi connectivity index (χ0) is 25.4. The second kappa shape index (κ2) is 11.8. The highest BCUT2D eigenvalue weighted by atomic mass is 16.6. The number of nitrogens with zero attached hydrogens (tertiary/aromatic N) is 2. The molecule has 9 heteroatoms. The monoisotopic (exact) mass is 481 g/mol. The van der Waals surface area contributed by atoms with E-state index in [1.54, 1.807) is 25.8 Å². The van der Waals surface area contributed by atoms with E-state index in [1.807, 2.05) is 55.5 Å². The molecule has 0 saturated carbocycles. The van der Waals surface area contributed by atoms with Crippen molar-refractivity contribution in [3.05, 3.63) is 65.4 Å². The molecule has 1 aromatic heterocycles. The molecule has 9 nitrogen and oxygen atoms in total. The summed E-state index contributed by atoms with van der Waals surface area (Å²) in [5, 5.41) is 11.2. The number of hydrogen-bond donors (Lipinski definition) is 3. The highest BCUT2D eigenvalue weighted by Crippen LogP contribution is 2.27. The van der Waals surface area contributed by atoms with E-state index in [4.69, 9.17) is 15.2 Å². The van der Waals surface area contributed by atoms with E-state index >= 15 is 0 Å². The first-order valence-electron chi connectivity index (χ1n) is 11.8. The lowest BCUT2D eigenvalue weighted by Gasteiger charge is -2.24. The third kappa shape index (κ3) is 7.03. The Bertz CT molecular complexity index is 1120. The van der Waals surface area contributed by atoms with E-state index in [2.05, 4.69) is 15.5 Å². The van der Waals surface area contributed by atoms with Crippen LogP contribution in [0.3, 0.4) is 0 Å². The van der Waals surface area contributed by atoms with E-state index < -0.39 is 17.7 Å². The number of nitrogens with one attached hydrogen (secondary N) is 2. The fourth-order valence-corrected chi connectivity index (χ4v) is 3.63. The second-order valence-electron chi connectivity index (χ2n) is 9.17. The minimum Gasteiger partial charge on any atom is -0.445 e. The Morgan fingerprint density at radius 1 is 1.14 bits per heavy atom. The van der Waals surface area contributed by atoms with Crippen LogP contribution >= 0.6 is 0 Å². The van der Waals surface area contributed by atoms with Crippen LogP contribution in [0.4, 0.5) is 4.79 Å². The number of rotatable bonds is 11. The first kappa shape index (κ1) is 26.2. The number of carbonyl (C=O) groups is 2. The van der Waals surface area contributed by atoms with Gasteiger partial charge in [0.1, 0.15) is 6.61 Å². The van der Waals surface area contributed by atoms with Gasteiger partial charge in [-0.1, -0.05) is 49.4 Å². The predicted octanol–water partition coefficient (Wildman–Crippen LogP) is 3.65. The van der Waals surface area contributed by atoms with Crippen LogP contribution in [0.5, 0.6) is 0 Å². The molecule has 0 spiro atoms. The maximum atomic E-state index is 12.8.